The molecule has 0 N–H and O–H groups in total. The van der Waals surface area contributed by atoms with Crippen molar-refractivity contribution < 1.29 is 4.74 Å². The second-order valence-corrected chi connectivity index (χ2v) is 5.28. The zero-order chi connectivity index (χ0) is 14.9. The monoisotopic (exact) mass is 274 g/mol. The Morgan fingerprint density at radius 2 is 1.57 bits per heavy atom. The van der Waals surface area contributed by atoms with Gasteiger partial charge in [0.2, 0.25) is 0 Å². The number of hydrogen-bond donors (Lipinski definition) is 0. The van der Waals surface area contributed by atoms with Crippen molar-refractivity contribution in [2.75, 3.05) is 0 Å². The molecule has 0 spiro atoms. The van der Waals surface area contributed by atoms with E-state index in [1.165, 1.54) is 5.56 Å². The molecule has 2 aromatic carbocycles. The van der Waals surface area contributed by atoms with E-state index in [1.54, 1.807) is 6.08 Å². The molecule has 0 amide bonds. The Hall–Kier alpha value is -2.54. The van der Waals surface area contributed by atoms with Crippen molar-refractivity contribution in [2.45, 2.75) is 12.3 Å². The maximum Gasteiger partial charge on any atom is 0.131 e. The van der Waals surface area contributed by atoms with Gasteiger partial charge in [0.1, 0.15) is 11.5 Å². The first-order valence-corrected chi connectivity index (χ1v) is 7.04. The number of benzene rings is 2. The number of hydrogen-bond acceptors (Lipinski definition) is 1. The molecule has 0 saturated carbocycles. The largest absolute Gasteiger partial charge is 0.457 e. The summed E-state index contributed by atoms with van der Waals surface area (Å²) < 4.78 is 5.99. The highest BCUT2D eigenvalue weighted by atomic mass is 16.5. The molecule has 2 aromatic rings. The molecule has 21 heavy (non-hydrogen) atoms. The summed E-state index contributed by atoms with van der Waals surface area (Å²) in [6, 6.07) is 18.6. The fraction of sp³-hybridized carbons (Fsp3) is 0.100. The van der Waals surface area contributed by atoms with Crippen LogP contribution < -0.4 is 4.74 Å². The summed E-state index contributed by atoms with van der Waals surface area (Å²) in [6.45, 7) is 10.1. The molecule has 0 aromatic heterocycles. The van der Waals surface area contributed by atoms with Crippen LogP contribution in [0.3, 0.4) is 0 Å². The SMILES string of the molecule is C=CC1=C(C=C)C(C)(c2ccccc2)c2ccccc2O1. The fourth-order valence-corrected chi connectivity index (χ4v) is 3.07. The van der Waals surface area contributed by atoms with Crippen molar-refractivity contribution in [3.05, 3.63) is 102 Å². The Balaban J connectivity index is 2.36. The van der Waals surface area contributed by atoms with Crippen LogP contribution in [0, 0.1) is 0 Å². The number of para-hydroxylation sites is 1. The summed E-state index contributed by atoms with van der Waals surface area (Å²) in [5.74, 6) is 1.65. The average molecular weight is 274 g/mol. The third-order valence-corrected chi connectivity index (χ3v) is 4.19. The van der Waals surface area contributed by atoms with E-state index >= 15 is 0 Å². The van der Waals surface area contributed by atoms with Crippen molar-refractivity contribution in [1.82, 2.24) is 0 Å². The van der Waals surface area contributed by atoms with Crippen molar-refractivity contribution in [1.29, 1.82) is 0 Å². The average Bonchev–Trinajstić information content (AvgIpc) is 2.55. The molecule has 1 heterocycles. The zero-order valence-corrected chi connectivity index (χ0v) is 12.2. The van der Waals surface area contributed by atoms with Crippen molar-refractivity contribution in [2.24, 2.45) is 0 Å². The summed E-state index contributed by atoms with van der Waals surface area (Å²) in [7, 11) is 0. The van der Waals surface area contributed by atoms with E-state index < -0.39 is 0 Å². The quantitative estimate of drug-likeness (QED) is 0.764. The van der Waals surface area contributed by atoms with Crippen LogP contribution in [0.15, 0.2) is 91.2 Å². The lowest BCUT2D eigenvalue weighted by molar-refractivity contribution is 0.396. The summed E-state index contributed by atoms with van der Waals surface area (Å²) in [4.78, 5) is 0. The molecular formula is C20H18O. The van der Waals surface area contributed by atoms with Crippen LogP contribution in [0.1, 0.15) is 18.1 Å². The Bertz CT molecular complexity index is 725. The third kappa shape index (κ3) is 1.93. The molecule has 0 saturated heterocycles. The molecule has 1 unspecified atom stereocenters. The van der Waals surface area contributed by atoms with Crippen molar-refractivity contribution in [3.8, 4) is 5.75 Å². The molecule has 1 aliphatic heterocycles. The van der Waals surface area contributed by atoms with E-state index in [-0.39, 0.29) is 5.41 Å². The first-order chi connectivity index (χ1) is 10.2. The van der Waals surface area contributed by atoms with E-state index in [0.29, 0.717) is 0 Å². The van der Waals surface area contributed by atoms with Crippen LogP contribution >= 0.6 is 0 Å². The second kappa shape index (κ2) is 5.10. The molecule has 3 rings (SSSR count). The van der Waals surface area contributed by atoms with Gasteiger partial charge in [-0.1, -0.05) is 67.8 Å². The first-order valence-electron chi connectivity index (χ1n) is 7.04. The predicted molar refractivity (Wildman–Crippen MR) is 87.4 cm³/mol. The third-order valence-electron chi connectivity index (χ3n) is 4.19. The standard InChI is InChI=1S/C20H18O/c1-4-16-18(5-2)21-19-14-10-9-13-17(19)20(16,3)15-11-7-6-8-12-15/h4-14H,1-2H2,3H3. The van der Waals surface area contributed by atoms with Crippen LogP contribution in [-0.4, -0.2) is 0 Å². The molecule has 0 aliphatic carbocycles. The second-order valence-electron chi connectivity index (χ2n) is 5.28. The van der Waals surface area contributed by atoms with Gasteiger partial charge in [-0.05, 0) is 24.6 Å². The zero-order valence-electron chi connectivity index (χ0n) is 12.2. The maximum absolute atomic E-state index is 5.99. The highest BCUT2D eigenvalue weighted by molar-refractivity contribution is 5.60. The predicted octanol–water partition coefficient (Wildman–Crippen LogP) is 5.01. The Kier molecular flexibility index (Phi) is 3.26. The normalized spacial score (nSPS) is 20.4. The molecular weight excluding hydrogens is 256 g/mol. The van der Waals surface area contributed by atoms with E-state index in [1.807, 2.05) is 30.3 Å². The number of ether oxygens (including phenoxy) is 1. The minimum absolute atomic E-state index is 0.290. The lowest BCUT2D eigenvalue weighted by Gasteiger charge is -2.38. The van der Waals surface area contributed by atoms with Gasteiger partial charge in [0, 0.05) is 16.6 Å². The maximum atomic E-state index is 5.99. The van der Waals surface area contributed by atoms with Gasteiger partial charge >= 0.3 is 0 Å². The minimum atomic E-state index is -0.290. The summed E-state index contributed by atoms with van der Waals surface area (Å²) in [6.07, 6.45) is 3.63. The summed E-state index contributed by atoms with van der Waals surface area (Å²) in [5.41, 5.74) is 3.12. The van der Waals surface area contributed by atoms with Crippen LogP contribution in [-0.2, 0) is 5.41 Å². The van der Waals surface area contributed by atoms with Gasteiger partial charge in [0.15, 0.2) is 0 Å². The van der Waals surface area contributed by atoms with Gasteiger partial charge in [0.05, 0.1) is 0 Å². The lowest BCUT2D eigenvalue weighted by Crippen LogP contribution is -2.31. The highest BCUT2D eigenvalue weighted by Gasteiger charge is 2.39. The molecule has 1 atom stereocenters. The van der Waals surface area contributed by atoms with Crippen LogP contribution in [0.2, 0.25) is 0 Å². The van der Waals surface area contributed by atoms with Gasteiger partial charge < -0.3 is 4.74 Å². The van der Waals surface area contributed by atoms with Crippen LogP contribution in [0.25, 0.3) is 0 Å². The van der Waals surface area contributed by atoms with E-state index in [9.17, 15) is 0 Å². The van der Waals surface area contributed by atoms with Gasteiger partial charge in [-0.3, -0.25) is 0 Å². The summed E-state index contributed by atoms with van der Waals surface area (Å²) in [5, 5.41) is 0. The Morgan fingerprint density at radius 3 is 2.24 bits per heavy atom. The van der Waals surface area contributed by atoms with E-state index in [2.05, 4.69) is 50.4 Å². The fourth-order valence-electron chi connectivity index (χ4n) is 3.07. The smallest absolute Gasteiger partial charge is 0.131 e. The molecule has 0 radical (unpaired) electrons. The minimum Gasteiger partial charge on any atom is -0.457 e. The van der Waals surface area contributed by atoms with Crippen LogP contribution in [0.5, 0.6) is 5.75 Å². The number of rotatable bonds is 3. The van der Waals surface area contributed by atoms with Gasteiger partial charge in [-0.25, -0.2) is 0 Å². The Labute approximate surface area is 125 Å². The first kappa shape index (κ1) is 13.4. The van der Waals surface area contributed by atoms with E-state index in [0.717, 1.165) is 22.6 Å². The van der Waals surface area contributed by atoms with Crippen LogP contribution in [0.4, 0.5) is 0 Å². The van der Waals surface area contributed by atoms with Gasteiger partial charge in [-0.15, -0.1) is 0 Å². The molecule has 0 fully saturated rings. The van der Waals surface area contributed by atoms with E-state index in [4.69, 9.17) is 4.74 Å². The molecule has 104 valence electrons. The molecule has 1 heteroatoms. The summed E-state index contributed by atoms with van der Waals surface area (Å²) >= 11 is 0. The molecule has 1 nitrogen and oxygen atoms in total. The topological polar surface area (TPSA) is 9.23 Å². The van der Waals surface area contributed by atoms with Gasteiger partial charge in [0.25, 0.3) is 0 Å². The number of fused-ring (bicyclic) bond motifs is 1. The number of allylic oxidation sites excluding steroid dienone is 3. The van der Waals surface area contributed by atoms with Gasteiger partial charge in [-0.2, -0.15) is 0 Å². The van der Waals surface area contributed by atoms with Crippen molar-refractivity contribution in [3.63, 3.8) is 0 Å². The molecule has 1 aliphatic rings. The lowest BCUT2D eigenvalue weighted by atomic mass is 9.69. The molecule has 0 bridgehead atoms. The Morgan fingerprint density at radius 1 is 0.905 bits per heavy atom. The highest BCUT2D eigenvalue weighted by Crippen LogP contribution is 2.48. The van der Waals surface area contributed by atoms with Crippen molar-refractivity contribution >= 4 is 0 Å².